The van der Waals surface area contributed by atoms with Crippen molar-refractivity contribution >= 4 is 23.7 Å². The van der Waals surface area contributed by atoms with Crippen molar-refractivity contribution in [3.05, 3.63) is 30.5 Å². The second kappa shape index (κ2) is 6.91. The van der Waals surface area contributed by atoms with Gasteiger partial charge in [0.15, 0.2) is 5.82 Å². The van der Waals surface area contributed by atoms with Crippen molar-refractivity contribution in [3.8, 4) is 11.3 Å². The number of hydrogen-bond acceptors (Lipinski definition) is 6. The first kappa shape index (κ1) is 17.1. The normalized spacial score (nSPS) is 11.2. The van der Waals surface area contributed by atoms with Gasteiger partial charge in [0.25, 0.3) is 0 Å². The molecule has 2 heterocycles. The van der Waals surface area contributed by atoms with Gasteiger partial charge in [-0.15, -0.1) is 11.8 Å². The second-order valence-corrected chi connectivity index (χ2v) is 6.43. The Morgan fingerprint density at radius 2 is 2.04 bits per heavy atom. The Hall–Kier alpha value is -2.22. The zero-order valence-corrected chi connectivity index (χ0v) is 14.1. The quantitative estimate of drug-likeness (QED) is 0.860. The first-order chi connectivity index (χ1) is 10.8. The van der Waals surface area contributed by atoms with Gasteiger partial charge in [-0.1, -0.05) is 0 Å². The van der Waals surface area contributed by atoms with E-state index in [4.69, 9.17) is 4.74 Å². The number of aromatic nitrogens is 3. The molecule has 0 bridgehead atoms. The lowest BCUT2D eigenvalue weighted by molar-refractivity contribution is 0.0634. The molecule has 0 aromatic carbocycles. The number of nitrogens with one attached hydrogen (secondary N) is 1. The van der Waals surface area contributed by atoms with Crippen LogP contribution in [0.1, 0.15) is 20.8 Å². The molecule has 1 N–H and O–H groups in total. The predicted octanol–water partition coefficient (Wildman–Crippen LogP) is 3.75. The Balaban J connectivity index is 2.25. The summed E-state index contributed by atoms with van der Waals surface area (Å²) >= 11 is 1.31. The molecule has 0 spiro atoms. The molecule has 0 aliphatic carbocycles. The molecule has 0 aliphatic rings. The minimum absolute atomic E-state index is 0.292. The van der Waals surface area contributed by atoms with E-state index >= 15 is 0 Å². The van der Waals surface area contributed by atoms with E-state index < -0.39 is 17.5 Å². The molecule has 2 aromatic heterocycles. The van der Waals surface area contributed by atoms with Crippen LogP contribution in [0.25, 0.3) is 11.3 Å². The fourth-order valence-electron chi connectivity index (χ4n) is 1.69. The van der Waals surface area contributed by atoms with Crippen LogP contribution in [-0.2, 0) is 4.74 Å². The number of rotatable bonds is 3. The van der Waals surface area contributed by atoms with E-state index in [-0.39, 0.29) is 0 Å². The third-order valence-corrected chi connectivity index (χ3v) is 3.23. The summed E-state index contributed by atoms with van der Waals surface area (Å²) < 4.78 is 18.4. The molecule has 0 aliphatic heterocycles. The van der Waals surface area contributed by atoms with E-state index in [0.29, 0.717) is 22.1 Å². The number of pyridine rings is 1. The van der Waals surface area contributed by atoms with E-state index in [9.17, 15) is 9.18 Å². The van der Waals surface area contributed by atoms with Gasteiger partial charge in [-0.25, -0.2) is 19.2 Å². The molecule has 122 valence electrons. The predicted molar refractivity (Wildman–Crippen MR) is 86.9 cm³/mol. The highest BCUT2D eigenvalue weighted by Gasteiger charge is 2.18. The first-order valence-electron chi connectivity index (χ1n) is 6.80. The SMILES string of the molecule is CSc1nc(-c2cncc(F)c2)cnc1NC(=O)OC(C)(C)C. The average Bonchev–Trinajstić information content (AvgIpc) is 2.45. The Bertz CT molecular complexity index is 719. The van der Waals surface area contributed by atoms with E-state index in [2.05, 4.69) is 20.3 Å². The number of carbonyl (C=O) groups excluding carboxylic acids is 1. The highest BCUT2D eigenvalue weighted by Crippen LogP contribution is 2.25. The van der Waals surface area contributed by atoms with Gasteiger partial charge in [0.1, 0.15) is 16.4 Å². The number of nitrogens with zero attached hydrogens (tertiary/aromatic N) is 3. The Kier molecular flexibility index (Phi) is 5.15. The average molecular weight is 336 g/mol. The summed E-state index contributed by atoms with van der Waals surface area (Å²) in [5.41, 5.74) is 0.372. The number of thioether (sulfide) groups is 1. The van der Waals surface area contributed by atoms with Crippen LogP contribution in [0.15, 0.2) is 29.7 Å². The maximum atomic E-state index is 13.3. The van der Waals surface area contributed by atoms with E-state index in [1.807, 2.05) is 0 Å². The van der Waals surface area contributed by atoms with Gasteiger partial charge < -0.3 is 4.74 Å². The maximum absolute atomic E-state index is 13.3. The van der Waals surface area contributed by atoms with Crippen molar-refractivity contribution < 1.29 is 13.9 Å². The fourth-order valence-corrected chi connectivity index (χ4v) is 2.18. The largest absolute Gasteiger partial charge is 0.444 e. The number of amides is 1. The molecule has 0 fully saturated rings. The van der Waals surface area contributed by atoms with E-state index in [0.717, 1.165) is 6.20 Å². The molecule has 0 radical (unpaired) electrons. The number of hydrogen-bond donors (Lipinski definition) is 1. The van der Waals surface area contributed by atoms with Crippen molar-refractivity contribution in [3.63, 3.8) is 0 Å². The number of anilines is 1. The smallest absolute Gasteiger partial charge is 0.413 e. The standard InChI is InChI=1S/C15H17FN4O2S/c1-15(2,3)22-14(21)20-12-13(23-4)19-11(8-18-12)9-5-10(16)7-17-6-9/h5-8H,1-4H3,(H,18,20,21). The summed E-state index contributed by atoms with van der Waals surface area (Å²) in [7, 11) is 0. The molecule has 1 amide bonds. The second-order valence-electron chi connectivity index (χ2n) is 5.63. The summed E-state index contributed by atoms with van der Waals surface area (Å²) in [4.78, 5) is 24.2. The Morgan fingerprint density at radius 3 is 2.65 bits per heavy atom. The summed E-state index contributed by atoms with van der Waals surface area (Å²) in [6, 6.07) is 1.32. The van der Waals surface area contributed by atoms with Crippen molar-refractivity contribution in [2.75, 3.05) is 11.6 Å². The molecule has 2 aromatic rings. The van der Waals surface area contributed by atoms with Gasteiger partial charge in [0, 0.05) is 11.8 Å². The fraction of sp³-hybridized carbons (Fsp3) is 0.333. The summed E-state index contributed by atoms with van der Waals surface area (Å²) in [6.07, 6.45) is 5.26. The van der Waals surface area contributed by atoms with E-state index in [1.54, 1.807) is 27.0 Å². The highest BCUT2D eigenvalue weighted by molar-refractivity contribution is 7.98. The third-order valence-electron chi connectivity index (χ3n) is 2.55. The number of halogens is 1. The molecule has 23 heavy (non-hydrogen) atoms. The van der Waals surface area contributed by atoms with Crippen molar-refractivity contribution in [1.82, 2.24) is 15.0 Å². The van der Waals surface area contributed by atoms with Crippen LogP contribution in [-0.4, -0.2) is 32.9 Å². The summed E-state index contributed by atoms with van der Waals surface area (Å²) in [5, 5.41) is 3.06. The number of carbonyl (C=O) groups is 1. The monoisotopic (exact) mass is 336 g/mol. The van der Waals surface area contributed by atoms with E-state index in [1.165, 1.54) is 30.2 Å². The molecule has 2 rings (SSSR count). The van der Waals surface area contributed by atoms with Crippen LogP contribution in [0.4, 0.5) is 15.0 Å². The van der Waals surface area contributed by atoms with Crippen LogP contribution in [0.5, 0.6) is 0 Å². The van der Waals surface area contributed by atoms with Gasteiger partial charge in [-0.2, -0.15) is 0 Å². The minimum Gasteiger partial charge on any atom is -0.444 e. The molecule has 0 unspecified atom stereocenters. The van der Waals surface area contributed by atoms with Crippen LogP contribution in [0, 0.1) is 5.82 Å². The maximum Gasteiger partial charge on any atom is 0.413 e. The Morgan fingerprint density at radius 1 is 1.30 bits per heavy atom. The van der Waals surface area contributed by atoms with Gasteiger partial charge in [-0.3, -0.25) is 10.3 Å². The topological polar surface area (TPSA) is 77.0 Å². The lowest BCUT2D eigenvalue weighted by Gasteiger charge is -2.19. The van der Waals surface area contributed by atoms with Crippen LogP contribution >= 0.6 is 11.8 Å². The van der Waals surface area contributed by atoms with Crippen molar-refractivity contribution in [2.24, 2.45) is 0 Å². The zero-order chi connectivity index (χ0) is 17.0. The molecule has 6 nitrogen and oxygen atoms in total. The molecule has 0 saturated heterocycles. The van der Waals surface area contributed by atoms with Gasteiger partial charge in [0.05, 0.1) is 18.1 Å². The van der Waals surface area contributed by atoms with Gasteiger partial charge >= 0.3 is 6.09 Å². The van der Waals surface area contributed by atoms with Gasteiger partial charge in [-0.05, 0) is 33.1 Å². The molecule has 0 atom stereocenters. The van der Waals surface area contributed by atoms with Gasteiger partial charge in [0.2, 0.25) is 0 Å². The lowest BCUT2D eigenvalue weighted by atomic mass is 10.2. The highest BCUT2D eigenvalue weighted by atomic mass is 32.2. The van der Waals surface area contributed by atoms with Crippen LogP contribution < -0.4 is 5.32 Å². The third kappa shape index (κ3) is 4.88. The van der Waals surface area contributed by atoms with Crippen LogP contribution in [0.2, 0.25) is 0 Å². The minimum atomic E-state index is -0.609. The summed E-state index contributed by atoms with van der Waals surface area (Å²) in [5.74, 6) is -0.161. The zero-order valence-electron chi connectivity index (χ0n) is 13.3. The lowest BCUT2D eigenvalue weighted by Crippen LogP contribution is -2.27. The Labute approximate surface area is 137 Å². The van der Waals surface area contributed by atoms with Crippen molar-refractivity contribution in [2.45, 2.75) is 31.4 Å². The number of ether oxygens (including phenoxy) is 1. The molecular formula is C15H17FN4O2S. The molecule has 0 saturated carbocycles. The summed E-state index contributed by atoms with van der Waals surface area (Å²) in [6.45, 7) is 5.31. The van der Waals surface area contributed by atoms with Crippen molar-refractivity contribution in [1.29, 1.82) is 0 Å². The molecular weight excluding hydrogens is 319 g/mol. The van der Waals surface area contributed by atoms with Crippen LogP contribution in [0.3, 0.4) is 0 Å². The first-order valence-corrected chi connectivity index (χ1v) is 8.03. The molecule has 8 heteroatoms.